The van der Waals surface area contributed by atoms with Gasteiger partial charge in [-0.1, -0.05) is 6.92 Å². The normalized spacial score (nSPS) is 20.4. The fourth-order valence-corrected chi connectivity index (χ4v) is 1.95. The van der Waals surface area contributed by atoms with Gasteiger partial charge in [-0.25, -0.2) is 0 Å². The summed E-state index contributed by atoms with van der Waals surface area (Å²) in [5.74, 6) is 1.02. The predicted molar refractivity (Wildman–Crippen MR) is 60.8 cm³/mol. The molecule has 1 aromatic rings. The Labute approximate surface area is 99.8 Å². The molecule has 2 rings (SSSR count). The summed E-state index contributed by atoms with van der Waals surface area (Å²) in [6, 6.07) is 3.65. The lowest BCUT2D eigenvalue weighted by atomic mass is 10.1. The van der Waals surface area contributed by atoms with Crippen LogP contribution in [0, 0.1) is 5.92 Å². The Hall–Kier alpha value is -1.62. The number of amides is 2. The zero-order valence-electron chi connectivity index (χ0n) is 10.0. The first-order valence-electron chi connectivity index (χ1n) is 5.68. The molecule has 0 saturated carbocycles. The molecule has 5 nitrogen and oxygen atoms in total. The van der Waals surface area contributed by atoms with Crippen molar-refractivity contribution < 1.29 is 14.0 Å². The van der Waals surface area contributed by atoms with E-state index in [1.807, 2.05) is 13.1 Å². The summed E-state index contributed by atoms with van der Waals surface area (Å²) >= 11 is 0. The fourth-order valence-electron chi connectivity index (χ4n) is 1.95. The van der Waals surface area contributed by atoms with Gasteiger partial charge in [-0.15, -0.1) is 0 Å². The third-order valence-electron chi connectivity index (χ3n) is 2.85. The molecule has 0 aliphatic carbocycles. The molecule has 1 saturated heterocycles. The van der Waals surface area contributed by atoms with Crippen molar-refractivity contribution in [2.24, 2.45) is 5.92 Å². The van der Waals surface area contributed by atoms with Gasteiger partial charge in [-0.3, -0.25) is 14.5 Å². The summed E-state index contributed by atoms with van der Waals surface area (Å²) in [5, 5.41) is 2.97. The van der Waals surface area contributed by atoms with Crippen LogP contribution in [0.4, 0.5) is 0 Å². The van der Waals surface area contributed by atoms with Gasteiger partial charge in [0.05, 0.1) is 13.1 Å². The first kappa shape index (κ1) is 11.9. The Kier molecular flexibility index (Phi) is 3.28. The summed E-state index contributed by atoms with van der Waals surface area (Å²) < 4.78 is 5.51. The van der Waals surface area contributed by atoms with Crippen LogP contribution in [0.3, 0.4) is 0 Å². The highest BCUT2D eigenvalue weighted by Crippen LogP contribution is 2.21. The maximum atomic E-state index is 11.7. The maximum absolute atomic E-state index is 11.7. The van der Waals surface area contributed by atoms with Crippen molar-refractivity contribution in [3.63, 3.8) is 0 Å². The van der Waals surface area contributed by atoms with Gasteiger partial charge in [0.15, 0.2) is 0 Å². The zero-order valence-corrected chi connectivity index (χ0v) is 10.0. The Morgan fingerprint density at radius 1 is 1.41 bits per heavy atom. The van der Waals surface area contributed by atoms with Crippen LogP contribution in [-0.2, 0) is 22.7 Å². The molecule has 1 unspecified atom stereocenters. The summed E-state index contributed by atoms with van der Waals surface area (Å²) in [4.78, 5) is 24.6. The van der Waals surface area contributed by atoms with Crippen LogP contribution in [-0.4, -0.2) is 23.8 Å². The standard InChI is InChI=1S/C12H16N2O3/c1-8-5-11(15)14(12(8)16)7-10-4-3-9(17-10)6-13-2/h3-4,8,13H,5-7H2,1-2H3. The minimum absolute atomic E-state index is 0.110. The van der Waals surface area contributed by atoms with Crippen molar-refractivity contribution in [1.82, 2.24) is 10.2 Å². The summed E-state index contributed by atoms with van der Waals surface area (Å²) in [7, 11) is 1.83. The van der Waals surface area contributed by atoms with Gasteiger partial charge < -0.3 is 9.73 Å². The van der Waals surface area contributed by atoms with E-state index in [0.717, 1.165) is 5.76 Å². The number of hydrogen-bond donors (Lipinski definition) is 1. The summed E-state index contributed by atoms with van der Waals surface area (Å²) in [5.41, 5.74) is 0. The Balaban J connectivity index is 2.05. The van der Waals surface area contributed by atoms with Crippen LogP contribution in [0.1, 0.15) is 24.9 Å². The van der Waals surface area contributed by atoms with Gasteiger partial charge in [-0.05, 0) is 19.2 Å². The molecule has 1 fully saturated rings. The van der Waals surface area contributed by atoms with E-state index in [2.05, 4.69) is 5.32 Å². The molecule has 92 valence electrons. The van der Waals surface area contributed by atoms with E-state index >= 15 is 0 Å². The fraction of sp³-hybridized carbons (Fsp3) is 0.500. The van der Waals surface area contributed by atoms with E-state index in [1.54, 1.807) is 13.0 Å². The molecule has 0 bridgehead atoms. The van der Waals surface area contributed by atoms with E-state index < -0.39 is 0 Å². The lowest BCUT2D eigenvalue weighted by molar-refractivity contribution is -0.140. The number of carbonyl (C=O) groups is 2. The quantitative estimate of drug-likeness (QED) is 0.789. The van der Waals surface area contributed by atoms with Crippen LogP contribution in [0.15, 0.2) is 16.5 Å². The van der Waals surface area contributed by atoms with Crippen LogP contribution in [0.5, 0.6) is 0 Å². The van der Waals surface area contributed by atoms with Gasteiger partial charge in [0.1, 0.15) is 11.5 Å². The molecular weight excluding hydrogens is 220 g/mol. The molecule has 1 N–H and O–H groups in total. The van der Waals surface area contributed by atoms with Crippen molar-refractivity contribution in [2.45, 2.75) is 26.4 Å². The van der Waals surface area contributed by atoms with Crippen molar-refractivity contribution in [3.8, 4) is 0 Å². The lowest BCUT2D eigenvalue weighted by Crippen LogP contribution is -2.29. The largest absolute Gasteiger partial charge is 0.463 e. The molecule has 17 heavy (non-hydrogen) atoms. The lowest BCUT2D eigenvalue weighted by Gasteiger charge is -2.12. The molecule has 0 aromatic carbocycles. The number of carbonyl (C=O) groups excluding carboxylic acids is 2. The van der Waals surface area contributed by atoms with Crippen LogP contribution in [0.2, 0.25) is 0 Å². The first-order chi connectivity index (χ1) is 8.11. The first-order valence-corrected chi connectivity index (χ1v) is 5.68. The third-order valence-corrected chi connectivity index (χ3v) is 2.85. The van der Waals surface area contributed by atoms with Crippen molar-refractivity contribution in [2.75, 3.05) is 7.05 Å². The Morgan fingerprint density at radius 3 is 2.71 bits per heavy atom. The van der Waals surface area contributed by atoms with E-state index in [4.69, 9.17) is 4.42 Å². The highest BCUT2D eigenvalue weighted by molar-refractivity contribution is 6.03. The highest BCUT2D eigenvalue weighted by Gasteiger charge is 2.35. The molecule has 5 heteroatoms. The van der Waals surface area contributed by atoms with E-state index in [9.17, 15) is 9.59 Å². The van der Waals surface area contributed by atoms with E-state index in [-0.39, 0.29) is 24.3 Å². The SMILES string of the molecule is CNCc1ccc(CN2C(=O)CC(C)C2=O)o1. The molecule has 2 heterocycles. The van der Waals surface area contributed by atoms with Crippen molar-refractivity contribution in [3.05, 3.63) is 23.7 Å². The van der Waals surface area contributed by atoms with Crippen molar-refractivity contribution >= 4 is 11.8 Å². The molecule has 0 spiro atoms. The average molecular weight is 236 g/mol. The summed E-state index contributed by atoms with van der Waals surface area (Å²) in [6.07, 6.45) is 0.308. The topological polar surface area (TPSA) is 62.6 Å². The second-order valence-electron chi connectivity index (χ2n) is 4.32. The maximum Gasteiger partial charge on any atom is 0.232 e. The molecule has 2 amide bonds. The second-order valence-corrected chi connectivity index (χ2v) is 4.32. The highest BCUT2D eigenvalue weighted by atomic mass is 16.3. The monoisotopic (exact) mass is 236 g/mol. The minimum Gasteiger partial charge on any atom is -0.463 e. The molecule has 0 radical (unpaired) electrons. The molecule has 1 atom stereocenters. The number of hydrogen-bond acceptors (Lipinski definition) is 4. The minimum atomic E-state index is -0.200. The van der Waals surface area contributed by atoms with Gasteiger partial charge in [0, 0.05) is 12.3 Å². The molecule has 1 aliphatic rings. The number of likely N-dealkylation sites (tertiary alicyclic amines) is 1. The van der Waals surface area contributed by atoms with Gasteiger partial charge in [-0.2, -0.15) is 0 Å². The average Bonchev–Trinajstić information content (AvgIpc) is 2.81. The van der Waals surface area contributed by atoms with Gasteiger partial charge in [0.2, 0.25) is 11.8 Å². The van der Waals surface area contributed by atoms with Crippen LogP contribution in [0.25, 0.3) is 0 Å². The number of imide groups is 1. The molecule has 1 aromatic heterocycles. The number of nitrogens with zero attached hydrogens (tertiary/aromatic N) is 1. The number of nitrogens with one attached hydrogen (secondary N) is 1. The van der Waals surface area contributed by atoms with Gasteiger partial charge in [0.25, 0.3) is 0 Å². The Bertz CT molecular complexity index is 439. The number of furan rings is 1. The van der Waals surface area contributed by atoms with E-state index in [1.165, 1.54) is 4.90 Å². The second kappa shape index (κ2) is 4.71. The van der Waals surface area contributed by atoms with Gasteiger partial charge >= 0.3 is 0 Å². The van der Waals surface area contributed by atoms with Crippen LogP contribution >= 0.6 is 0 Å². The van der Waals surface area contributed by atoms with E-state index in [0.29, 0.717) is 18.7 Å². The predicted octanol–water partition coefficient (Wildman–Crippen LogP) is 0.894. The van der Waals surface area contributed by atoms with Crippen molar-refractivity contribution in [1.29, 1.82) is 0 Å². The van der Waals surface area contributed by atoms with Crippen LogP contribution < -0.4 is 5.32 Å². The smallest absolute Gasteiger partial charge is 0.232 e. The third kappa shape index (κ3) is 2.39. The zero-order chi connectivity index (χ0) is 12.4. The summed E-state index contributed by atoms with van der Waals surface area (Å²) in [6.45, 7) is 2.65. The number of rotatable bonds is 4. The molecular formula is C12H16N2O3. The Morgan fingerprint density at radius 2 is 2.12 bits per heavy atom. The molecule has 1 aliphatic heterocycles.